The van der Waals surface area contributed by atoms with E-state index in [2.05, 4.69) is 5.32 Å². The van der Waals surface area contributed by atoms with Crippen molar-refractivity contribution < 1.29 is 9.53 Å². The lowest BCUT2D eigenvalue weighted by molar-refractivity contribution is 0.100. The summed E-state index contributed by atoms with van der Waals surface area (Å²) in [7, 11) is 0. The van der Waals surface area contributed by atoms with Gasteiger partial charge in [0.25, 0.3) is 0 Å². The Morgan fingerprint density at radius 3 is 2.50 bits per heavy atom. The minimum absolute atomic E-state index is 0.410. The van der Waals surface area contributed by atoms with E-state index in [0.29, 0.717) is 23.5 Å². The first-order valence-electron chi connectivity index (χ1n) is 6.29. The molecule has 0 heterocycles. The molecule has 0 unspecified atom stereocenters. The molecule has 0 aromatic heterocycles. The second kappa shape index (κ2) is 5.97. The molecule has 2 aromatic rings. The first-order chi connectivity index (χ1) is 9.60. The van der Waals surface area contributed by atoms with Crippen LogP contribution in [0.5, 0.6) is 5.75 Å². The van der Waals surface area contributed by atoms with Gasteiger partial charge in [0.2, 0.25) is 5.91 Å². The van der Waals surface area contributed by atoms with Crippen LogP contribution in [0.4, 0.5) is 17.1 Å². The van der Waals surface area contributed by atoms with Crippen LogP contribution in [-0.2, 0) is 0 Å². The van der Waals surface area contributed by atoms with Crippen LogP contribution in [0.2, 0.25) is 0 Å². The van der Waals surface area contributed by atoms with Gasteiger partial charge in [-0.05, 0) is 49.4 Å². The van der Waals surface area contributed by atoms with Gasteiger partial charge in [-0.3, -0.25) is 4.79 Å². The summed E-state index contributed by atoms with van der Waals surface area (Å²) in [6, 6.07) is 12.4. The number of benzene rings is 2. The summed E-state index contributed by atoms with van der Waals surface area (Å²) in [5.41, 5.74) is 13.6. The van der Waals surface area contributed by atoms with E-state index in [1.54, 1.807) is 18.2 Å². The lowest BCUT2D eigenvalue weighted by Crippen LogP contribution is -2.11. The van der Waals surface area contributed by atoms with Gasteiger partial charge < -0.3 is 21.5 Å². The molecule has 20 heavy (non-hydrogen) atoms. The summed E-state index contributed by atoms with van der Waals surface area (Å²) in [5, 5.41) is 3.15. The van der Waals surface area contributed by atoms with Crippen LogP contribution in [0, 0.1) is 0 Å². The Bertz CT molecular complexity index is 609. The molecule has 2 rings (SSSR count). The molecule has 2 aromatic carbocycles. The molecule has 104 valence electrons. The molecule has 5 heteroatoms. The fraction of sp³-hybridized carbons (Fsp3) is 0.133. The van der Waals surface area contributed by atoms with Crippen LogP contribution in [0.1, 0.15) is 17.3 Å². The van der Waals surface area contributed by atoms with Gasteiger partial charge in [0, 0.05) is 11.3 Å². The highest BCUT2D eigenvalue weighted by Crippen LogP contribution is 2.25. The Hall–Kier alpha value is -2.69. The van der Waals surface area contributed by atoms with Crippen molar-refractivity contribution in [1.82, 2.24) is 0 Å². The average Bonchev–Trinajstić information content (AvgIpc) is 2.43. The number of hydrogen-bond acceptors (Lipinski definition) is 4. The maximum absolute atomic E-state index is 11.2. The zero-order valence-electron chi connectivity index (χ0n) is 11.2. The van der Waals surface area contributed by atoms with Crippen LogP contribution in [-0.4, -0.2) is 12.5 Å². The summed E-state index contributed by atoms with van der Waals surface area (Å²) < 4.78 is 5.37. The standard InChI is InChI=1S/C15H17N3O2/c1-2-20-12-6-4-11(5-7-12)18-14-9-10(15(17)19)3-8-13(14)16/h3-9,18H,2,16H2,1H3,(H2,17,19). The molecule has 0 atom stereocenters. The van der Waals surface area contributed by atoms with Crippen molar-refractivity contribution in [2.24, 2.45) is 5.73 Å². The summed E-state index contributed by atoms with van der Waals surface area (Å²) in [6.07, 6.45) is 0. The van der Waals surface area contributed by atoms with Gasteiger partial charge in [-0.1, -0.05) is 0 Å². The Kier molecular flexibility index (Phi) is 4.10. The van der Waals surface area contributed by atoms with Crippen molar-refractivity contribution in [2.45, 2.75) is 6.92 Å². The maximum Gasteiger partial charge on any atom is 0.248 e. The first-order valence-corrected chi connectivity index (χ1v) is 6.29. The zero-order valence-corrected chi connectivity index (χ0v) is 11.2. The van der Waals surface area contributed by atoms with E-state index >= 15 is 0 Å². The lowest BCUT2D eigenvalue weighted by atomic mass is 10.1. The SMILES string of the molecule is CCOc1ccc(Nc2cc(C(N)=O)ccc2N)cc1. The van der Waals surface area contributed by atoms with Crippen LogP contribution < -0.4 is 21.5 Å². The Labute approximate surface area is 117 Å². The maximum atomic E-state index is 11.2. The van der Waals surface area contributed by atoms with Crippen LogP contribution in [0.15, 0.2) is 42.5 Å². The second-order valence-electron chi connectivity index (χ2n) is 4.25. The van der Waals surface area contributed by atoms with E-state index in [1.807, 2.05) is 31.2 Å². The molecule has 0 fully saturated rings. The highest BCUT2D eigenvalue weighted by molar-refractivity contribution is 5.95. The molecule has 0 saturated carbocycles. The number of carbonyl (C=O) groups excluding carboxylic acids is 1. The van der Waals surface area contributed by atoms with Gasteiger partial charge in [0.15, 0.2) is 0 Å². The van der Waals surface area contributed by atoms with E-state index in [4.69, 9.17) is 16.2 Å². The zero-order chi connectivity index (χ0) is 14.5. The van der Waals surface area contributed by atoms with Crippen molar-refractivity contribution in [3.63, 3.8) is 0 Å². The largest absolute Gasteiger partial charge is 0.494 e. The van der Waals surface area contributed by atoms with E-state index in [1.165, 1.54) is 0 Å². The predicted molar refractivity (Wildman–Crippen MR) is 80.3 cm³/mol. The monoisotopic (exact) mass is 271 g/mol. The Balaban J connectivity index is 2.20. The van der Waals surface area contributed by atoms with Crippen molar-refractivity contribution in [3.05, 3.63) is 48.0 Å². The minimum atomic E-state index is -0.486. The number of amides is 1. The number of nitrogens with one attached hydrogen (secondary N) is 1. The predicted octanol–water partition coefficient (Wildman–Crippen LogP) is 2.51. The van der Waals surface area contributed by atoms with Crippen molar-refractivity contribution >= 4 is 23.0 Å². The number of hydrogen-bond donors (Lipinski definition) is 3. The summed E-state index contributed by atoms with van der Waals surface area (Å²) in [4.78, 5) is 11.2. The van der Waals surface area contributed by atoms with E-state index < -0.39 is 5.91 Å². The van der Waals surface area contributed by atoms with Gasteiger partial charge >= 0.3 is 0 Å². The van der Waals surface area contributed by atoms with Crippen molar-refractivity contribution in [3.8, 4) is 5.75 Å². The Morgan fingerprint density at radius 2 is 1.90 bits per heavy atom. The topological polar surface area (TPSA) is 90.4 Å². The molecule has 1 amide bonds. The van der Waals surface area contributed by atoms with Gasteiger partial charge in [-0.25, -0.2) is 0 Å². The number of carbonyl (C=O) groups is 1. The highest BCUT2D eigenvalue weighted by atomic mass is 16.5. The molecule has 0 saturated heterocycles. The summed E-state index contributed by atoms with van der Waals surface area (Å²) >= 11 is 0. The molecular weight excluding hydrogens is 254 g/mol. The molecule has 5 N–H and O–H groups in total. The second-order valence-corrected chi connectivity index (χ2v) is 4.25. The fourth-order valence-corrected chi connectivity index (χ4v) is 1.77. The summed E-state index contributed by atoms with van der Waals surface area (Å²) in [5.74, 6) is 0.316. The third-order valence-corrected chi connectivity index (χ3v) is 2.78. The smallest absolute Gasteiger partial charge is 0.248 e. The lowest BCUT2D eigenvalue weighted by Gasteiger charge is -2.11. The molecule has 0 aliphatic rings. The van der Waals surface area contributed by atoms with Crippen LogP contribution >= 0.6 is 0 Å². The number of rotatable bonds is 5. The van der Waals surface area contributed by atoms with E-state index in [9.17, 15) is 4.79 Å². The molecule has 5 nitrogen and oxygen atoms in total. The highest BCUT2D eigenvalue weighted by Gasteiger charge is 2.05. The van der Waals surface area contributed by atoms with Gasteiger partial charge in [-0.2, -0.15) is 0 Å². The summed E-state index contributed by atoms with van der Waals surface area (Å²) in [6.45, 7) is 2.56. The number of nitrogens with two attached hydrogens (primary N) is 2. The van der Waals surface area contributed by atoms with Gasteiger partial charge in [-0.15, -0.1) is 0 Å². The van der Waals surface area contributed by atoms with Crippen molar-refractivity contribution in [1.29, 1.82) is 0 Å². The molecule has 0 radical (unpaired) electrons. The average molecular weight is 271 g/mol. The molecule has 0 aliphatic heterocycles. The minimum Gasteiger partial charge on any atom is -0.494 e. The third-order valence-electron chi connectivity index (χ3n) is 2.78. The quantitative estimate of drug-likeness (QED) is 0.729. The number of nitrogen functional groups attached to an aromatic ring is 1. The molecular formula is C15H17N3O2. The molecule has 0 spiro atoms. The third kappa shape index (κ3) is 3.20. The fourth-order valence-electron chi connectivity index (χ4n) is 1.77. The number of anilines is 3. The molecule has 0 bridgehead atoms. The van der Waals surface area contributed by atoms with E-state index in [-0.39, 0.29) is 0 Å². The van der Waals surface area contributed by atoms with Crippen molar-refractivity contribution in [2.75, 3.05) is 17.7 Å². The molecule has 0 aliphatic carbocycles. The number of ether oxygens (including phenoxy) is 1. The number of primary amides is 1. The van der Waals surface area contributed by atoms with Gasteiger partial charge in [0.1, 0.15) is 5.75 Å². The normalized spacial score (nSPS) is 10.1. The van der Waals surface area contributed by atoms with E-state index in [0.717, 1.165) is 11.4 Å². The Morgan fingerprint density at radius 1 is 1.20 bits per heavy atom. The van der Waals surface area contributed by atoms with Crippen LogP contribution in [0.3, 0.4) is 0 Å². The first kappa shape index (κ1) is 13.7. The van der Waals surface area contributed by atoms with Gasteiger partial charge in [0.05, 0.1) is 18.0 Å². The van der Waals surface area contributed by atoms with Crippen LogP contribution in [0.25, 0.3) is 0 Å².